The third-order valence-corrected chi connectivity index (χ3v) is 9.45. The molecule has 4 fully saturated rings. The molecule has 4 rings (SSSR count). The maximum atomic E-state index is 12.7. The molecule has 0 aromatic heterocycles. The molecule has 1 nitrogen and oxygen atoms in total. The highest BCUT2D eigenvalue weighted by Crippen LogP contribution is 2.68. The number of Topliss-reactive ketones (excluding diaryl/α,β-unsaturated/α-hetero) is 1. The molecule has 0 heterocycles. The molecule has 4 aliphatic carbocycles. The summed E-state index contributed by atoms with van der Waals surface area (Å²) in [4.78, 5) is 12.7. The predicted molar refractivity (Wildman–Crippen MR) is 114 cm³/mol. The summed E-state index contributed by atoms with van der Waals surface area (Å²) < 4.78 is 0. The highest BCUT2D eigenvalue weighted by Gasteiger charge is 2.61. The summed E-state index contributed by atoms with van der Waals surface area (Å²) in [5, 5.41) is -2.77. The number of hydrogen-bond acceptors (Lipinski definition) is 1. The second-order valence-electron chi connectivity index (χ2n) is 10.6. The Balaban J connectivity index is 1.63. The Labute approximate surface area is 170 Å². The number of carbonyl (C=O) groups excluding carboxylic acids is 1. The van der Waals surface area contributed by atoms with E-state index in [1.54, 1.807) is 0 Å². The Bertz CT molecular complexity index is 644. The van der Waals surface area contributed by atoms with Crippen LogP contribution in [0.2, 0.25) is 10.4 Å². The number of rotatable bonds is 2. The fourth-order valence-electron chi connectivity index (χ4n) is 8.16. The van der Waals surface area contributed by atoms with Crippen molar-refractivity contribution in [3.05, 3.63) is 12.7 Å². The molecule has 4 aliphatic rings. The van der Waals surface area contributed by atoms with Crippen molar-refractivity contribution in [1.29, 1.82) is 0 Å². The van der Waals surface area contributed by atoms with Crippen LogP contribution in [0.25, 0.3) is 0 Å². The van der Waals surface area contributed by atoms with Crippen molar-refractivity contribution >= 4 is 37.2 Å². The summed E-state index contributed by atoms with van der Waals surface area (Å²) in [5.41, 5.74) is 0.400. The molecule has 8 atom stereocenters. The topological polar surface area (TPSA) is 17.1 Å². The number of carbonyl (C=O) groups is 1. The van der Waals surface area contributed by atoms with E-state index in [2.05, 4.69) is 26.5 Å². The normalized spacial score (nSPS) is 48.7. The number of ketones is 1. The van der Waals surface area contributed by atoms with Gasteiger partial charge in [0.15, 0.2) is 0 Å². The fourth-order valence-corrected chi connectivity index (χ4v) is 8.16. The minimum Gasteiger partial charge on any atom is -0.302 e. The van der Waals surface area contributed by atoms with Crippen LogP contribution in [0.15, 0.2) is 12.7 Å². The van der Waals surface area contributed by atoms with E-state index in [1.807, 2.05) is 0 Å². The van der Waals surface area contributed by atoms with E-state index < -0.39 is 10.4 Å². The average molecular weight is 354 g/mol. The molecule has 0 aromatic rings. The average Bonchev–Trinajstić information content (AvgIpc) is 2.96. The summed E-state index contributed by atoms with van der Waals surface area (Å²) >= 11 is 0. The first-order chi connectivity index (χ1) is 12.5. The van der Waals surface area contributed by atoms with Crippen LogP contribution >= 0.6 is 0 Å². The van der Waals surface area contributed by atoms with E-state index in [4.69, 9.17) is 31.4 Å². The summed E-state index contributed by atoms with van der Waals surface area (Å²) in [5.74, 6) is 3.21. The van der Waals surface area contributed by atoms with E-state index in [-0.39, 0.29) is 17.6 Å². The van der Waals surface area contributed by atoms with Crippen LogP contribution in [0.3, 0.4) is 0 Å². The van der Waals surface area contributed by atoms with Gasteiger partial charge in [0.05, 0.1) is 31.4 Å². The van der Waals surface area contributed by atoms with Crippen LogP contribution in [0.5, 0.6) is 0 Å². The molecule has 0 amide bonds. The van der Waals surface area contributed by atoms with Crippen LogP contribution in [-0.4, -0.2) is 37.2 Å². The molecule has 0 bridgehead atoms. The molecule has 136 valence electrons. The monoisotopic (exact) mass is 354 g/mol. The fraction of sp³-hybridized carbons (Fsp3) is 0.864. The molecule has 0 aromatic carbocycles. The van der Waals surface area contributed by atoms with Gasteiger partial charge < -0.3 is 4.79 Å². The van der Waals surface area contributed by atoms with Crippen molar-refractivity contribution in [2.75, 3.05) is 0 Å². The van der Waals surface area contributed by atoms with Gasteiger partial charge in [0.2, 0.25) is 0 Å². The van der Waals surface area contributed by atoms with Gasteiger partial charge in [-0.3, -0.25) is 0 Å². The van der Waals surface area contributed by atoms with Gasteiger partial charge in [-0.15, -0.1) is 6.58 Å². The van der Waals surface area contributed by atoms with Crippen LogP contribution < -0.4 is 0 Å². The van der Waals surface area contributed by atoms with Crippen LogP contribution in [0.4, 0.5) is 0 Å². The Hall–Kier alpha value is -0.330. The molecule has 4 saturated carbocycles. The van der Waals surface area contributed by atoms with Gasteiger partial charge >= 0.3 is 0 Å². The third kappa shape index (κ3) is 2.72. The zero-order valence-electron chi connectivity index (χ0n) is 17.0. The molecule has 5 heteroatoms. The van der Waals surface area contributed by atoms with Gasteiger partial charge in [0.1, 0.15) is 5.78 Å². The largest absolute Gasteiger partial charge is 0.302 e. The van der Waals surface area contributed by atoms with Crippen molar-refractivity contribution in [2.24, 2.45) is 46.8 Å². The lowest BCUT2D eigenvalue weighted by molar-refractivity contribution is -0.131. The van der Waals surface area contributed by atoms with Crippen LogP contribution in [0.1, 0.15) is 58.8 Å². The van der Waals surface area contributed by atoms with Gasteiger partial charge in [0, 0.05) is 0 Å². The molecule has 27 heavy (non-hydrogen) atoms. The van der Waals surface area contributed by atoms with Crippen molar-refractivity contribution in [3.8, 4) is 0 Å². The van der Waals surface area contributed by atoms with Gasteiger partial charge in [-0.1, -0.05) is 32.8 Å². The Morgan fingerprint density at radius 1 is 1.00 bits per heavy atom. The molecular formula is C22H30B4O. The first-order valence-electron chi connectivity index (χ1n) is 10.9. The van der Waals surface area contributed by atoms with Crippen LogP contribution in [0, 0.1) is 46.8 Å². The third-order valence-electron chi connectivity index (χ3n) is 9.45. The Morgan fingerprint density at radius 2 is 1.67 bits per heavy atom. The minimum absolute atomic E-state index is 0.0140. The standard InChI is InChI=1S/C22H30B4O/c1-4-12(2)16-7-8-17-14-5-6-18-15(13(14)9-10-20(16,17)3)11-21(23,24)19(27)22(18,25)26/h4,12-18H,1,5-11H2,2-3H3/t12?,13?,14-,15-,16?,17?,18+,20-/m1/s1. The van der Waals surface area contributed by atoms with E-state index in [1.165, 1.54) is 25.7 Å². The second kappa shape index (κ2) is 6.33. The molecule has 4 unspecified atom stereocenters. The van der Waals surface area contributed by atoms with E-state index in [0.717, 1.165) is 24.7 Å². The molecule has 0 N–H and O–H groups in total. The Kier molecular flexibility index (Phi) is 4.68. The Morgan fingerprint density at radius 3 is 2.33 bits per heavy atom. The summed E-state index contributed by atoms with van der Waals surface area (Å²) in [6.45, 7) is 8.91. The van der Waals surface area contributed by atoms with Crippen molar-refractivity contribution in [3.63, 3.8) is 0 Å². The van der Waals surface area contributed by atoms with E-state index in [9.17, 15) is 4.79 Å². The quantitative estimate of drug-likeness (QED) is 0.545. The first kappa shape index (κ1) is 20.0. The summed E-state index contributed by atoms with van der Waals surface area (Å²) in [6.07, 6.45) is 9.76. The number of fused-ring (bicyclic) bond motifs is 5. The molecule has 0 aliphatic heterocycles. The number of allylic oxidation sites excluding steroid dienone is 1. The van der Waals surface area contributed by atoms with Crippen molar-refractivity contribution in [1.82, 2.24) is 0 Å². The summed E-state index contributed by atoms with van der Waals surface area (Å²) in [6, 6.07) is 0. The zero-order valence-corrected chi connectivity index (χ0v) is 17.0. The molecule has 0 saturated heterocycles. The minimum atomic E-state index is -1.39. The molecule has 0 spiro atoms. The van der Waals surface area contributed by atoms with E-state index in [0.29, 0.717) is 29.6 Å². The maximum absolute atomic E-state index is 12.7. The summed E-state index contributed by atoms with van der Waals surface area (Å²) in [7, 11) is 25.1. The van der Waals surface area contributed by atoms with Crippen molar-refractivity contribution in [2.45, 2.75) is 69.2 Å². The first-order valence-corrected chi connectivity index (χ1v) is 10.9. The van der Waals surface area contributed by atoms with Gasteiger partial charge in [0.25, 0.3) is 0 Å². The second-order valence-corrected chi connectivity index (χ2v) is 10.6. The maximum Gasteiger partial charge on any atom is 0.111 e. The predicted octanol–water partition coefficient (Wildman–Crippen LogP) is 3.77. The highest BCUT2D eigenvalue weighted by atomic mass is 16.1. The lowest BCUT2D eigenvalue weighted by Crippen LogP contribution is -2.56. The number of hydrogen-bond donors (Lipinski definition) is 0. The van der Waals surface area contributed by atoms with Crippen molar-refractivity contribution < 1.29 is 4.79 Å². The highest BCUT2D eigenvalue weighted by molar-refractivity contribution is 6.62. The smallest absolute Gasteiger partial charge is 0.111 e. The lowest BCUT2D eigenvalue weighted by Gasteiger charge is -2.61. The molecule has 8 radical (unpaired) electrons. The molecular weight excluding hydrogens is 323 g/mol. The lowest BCUT2D eigenvalue weighted by atomic mass is 9.28. The zero-order chi connectivity index (χ0) is 19.8. The van der Waals surface area contributed by atoms with Crippen LogP contribution in [-0.2, 0) is 4.79 Å². The van der Waals surface area contributed by atoms with E-state index >= 15 is 0 Å². The van der Waals surface area contributed by atoms with Gasteiger partial charge in [-0.2, -0.15) is 0 Å². The van der Waals surface area contributed by atoms with Gasteiger partial charge in [-0.05, 0) is 89.4 Å². The SMILES string of the molecule is [B]C1([B])C[C@@H]2C3CC[C@]4(C)C(C(C)C=C)CCC4[C@@H]3CC[C@@H]2C([B])([B])C1=O. The van der Waals surface area contributed by atoms with Gasteiger partial charge in [-0.25, -0.2) is 0 Å².